The van der Waals surface area contributed by atoms with Crippen LogP contribution < -0.4 is 0 Å². The van der Waals surface area contributed by atoms with E-state index in [1.54, 1.807) is 39.2 Å². The molecule has 0 saturated heterocycles. The number of imidazole rings is 1. The topological polar surface area (TPSA) is 78.6 Å². The lowest BCUT2D eigenvalue weighted by Gasteiger charge is -2.39. The summed E-state index contributed by atoms with van der Waals surface area (Å²) in [7, 11) is 0. The second-order valence-electron chi connectivity index (χ2n) is 9.42. The maximum atomic E-state index is 14.6. The monoisotopic (exact) mass is 421 g/mol. The third-order valence-electron chi connectivity index (χ3n) is 5.65. The molecule has 1 aliphatic rings. The van der Waals surface area contributed by atoms with Gasteiger partial charge in [-0.3, -0.25) is 4.90 Å². The Morgan fingerprint density at radius 1 is 1.17 bits per heavy atom. The number of rotatable bonds is 3. The zero-order valence-corrected chi connectivity index (χ0v) is 18.0. The Hall–Kier alpha value is -2.48. The van der Waals surface area contributed by atoms with Crippen LogP contribution in [0.1, 0.15) is 76.5 Å². The average molecular weight is 421 g/mol. The lowest BCUT2D eigenvalue weighted by Crippen LogP contribution is -2.47. The number of halogens is 2. The minimum absolute atomic E-state index is 0.0165. The van der Waals surface area contributed by atoms with Crippen LogP contribution in [0.2, 0.25) is 0 Å². The Morgan fingerprint density at radius 3 is 2.27 bits per heavy atom. The Kier molecular flexibility index (Phi) is 5.66. The zero-order chi connectivity index (χ0) is 22.4. The third kappa shape index (κ3) is 4.05. The molecule has 2 aromatic rings. The first-order valence-corrected chi connectivity index (χ1v) is 10.1. The minimum Gasteiger partial charge on any atom is -0.465 e. The van der Waals surface area contributed by atoms with Crippen molar-refractivity contribution in [2.24, 2.45) is 0 Å². The van der Waals surface area contributed by atoms with Crippen molar-refractivity contribution in [3.63, 3.8) is 0 Å². The first kappa shape index (κ1) is 22.2. The molecule has 0 fully saturated rings. The molecule has 6 nitrogen and oxygen atoms in total. The summed E-state index contributed by atoms with van der Waals surface area (Å²) in [5.74, 6) is -1.31. The summed E-state index contributed by atoms with van der Waals surface area (Å²) in [6.45, 7) is 8.79. The Labute approximate surface area is 175 Å². The van der Waals surface area contributed by atoms with Gasteiger partial charge in [0.15, 0.2) is 0 Å². The fourth-order valence-corrected chi connectivity index (χ4v) is 4.40. The lowest BCUT2D eigenvalue weighted by molar-refractivity contribution is 0.0609. The van der Waals surface area contributed by atoms with Gasteiger partial charge in [-0.25, -0.2) is 18.6 Å². The predicted molar refractivity (Wildman–Crippen MR) is 108 cm³/mol. The van der Waals surface area contributed by atoms with Gasteiger partial charge in [0.25, 0.3) is 0 Å². The molecule has 1 amide bonds. The summed E-state index contributed by atoms with van der Waals surface area (Å²) >= 11 is 0. The molecular weight excluding hydrogens is 392 g/mol. The van der Waals surface area contributed by atoms with Gasteiger partial charge in [0.05, 0.1) is 17.9 Å². The van der Waals surface area contributed by atoms with Crippen molar-refractivity contribution in [1.29, 1.82) is 0 Å². The quantitative estimate of drug-likeness (QED) is 0.747. The van der Waals surface area contributed by atoms with Crippen LogP contribution >= 0.6 is 0 Å². The van der Waals surface area contributed by atoms with Gasteiger partial charge in [-0.05, 0) is 59.6 Å². The van der Waals surface area contributed by atoms with Crippen molar-refractivity contribution in [1.82, 2.24) is 14.5 Å². The Balaban J connectivity index is 2.17. The molecule has 1 aromatic heterocycles. The number of hydrogen-bond donors (Lipinski definition) is 2. The Morgan fingerprint density at radius 2 is 1.77 bits per heavy atom. The highest BCUT2D eigenvalue weighted by Crippen LogP contribution is 2.41. The van der Waals surface area contributed by atoms with E-state index in [9.17, 15) is 23.8 Å². The smallest absolute Gasteiger partial charge is 0.408 e. The van der Waals surface area contributed by atoms with Gasteiger partial charge in [-0.1, -0.05) is 6.07 Å². The fourth-order valence-electron chi connectivity index (χ4n) is 4.40. The van der Waals surface area contributed by atoms with Crippen molar-refractivity contribution >= 4 is 6.09 Å². The van der Waals surface area contributed by atoms with Gasteiger partial charge < -0.3 is 14.8 Å². The summed E-state index contributed by atoms with van der Waals surface area (Å²) in [4.78, 5) is 17.9. The molecule has 1 aliphatic heterocycles. The van der Waals surface area contributed by atoms with E-state index in [1.807, 2.05) is 0 Å². The maximum Gasteiger partial charge on any atom is 0.408 e. The molecule has 0 saturated carbocycles. The number of carbonyl (C=O) groups is 1. The van der Waals surface area contributed by atoms with Crippen LogP contribution in [-0.4, -0.2) is 36.3 Å². The van der Waals surface area contributed by atoms with Gasteiger partial charge in [0.1, 0.15) is 23.1 Å². The van der Waals surface area contributed by atoms with Gasteiger partial charge >= 0.3 is 6.09 Å². The molecule has 30 heavy (non-hydrogen) atoms. The summed E-state index contributed by atoms with van der Waals surface area (Å²) in [6, 6.07) is 3.17. The molecule has 164 valence electrons. The van der Waals surface area contributed by atoms with Crippen molar-refractivity contribution in [2.45, 2.75) is 77.1 Å². The number of aliphatic hydroxyl groups is 1. The maximum absolute atomic E-state index is 14.6. The molecule has 0 radical (unpaired) electrons. The van der Waals surface area contributed by atoms with Crippen LogP contribution in [0.25, 0.3) is 0 Å². The van der Waals surface area contributed by atoms with Crippen LogP contribution in [0.5, 0.6) is 0 Å². The minimum atomic E-state index is -1.26. The fraction of sp³-hybridized carbons (Fsp3) is 0.545. The van der Waals surface area contributed by atoms with Crippen molar-refractivity contribution in [3.05, 3.63) is 53.1 Å². The first-order chi connectivity index (χ1) is 13.8. The normalized spacial score (nSPS) is 19.9. The van der Waals surface area contributed by atoms with E-state index in [0.29, 0.717) is 24.4 Å². The molecule has 2 N–H and O–H groups in total. The molecular formula is C22H29F2N3O3. The zero-order valence-electron chi connectivity index (χ0n) is 18.0. The van der Waals surface area contributed by atoms with Crippen molar-refractivity contribution in [3.8, 4) is 0 Å². The number of fused-ring (bicyclic) bond motifs is 1. The molecule has 1 aromatic carbocycles. The molecule has 0 unspecified atom stereocenters. The van der Waals surface area contributed by atoms with Crippen LogP contribution in [0.3, 0.4) is 0 Å². The predicted octanol–water partition coefficient (Wildman–Crippen LogP) is 4.79. The van der Waals surface area contributed by atoms with Crippen LogP contribution in [-0.2, 0) is 12.1 Å². The van der Waals surface area contributed by atoms with Gasteiger partial charge in [-0.2, -0.15) is 0 Å². The Bertz CT molecular complexity index is 924. The number of nitrogens with zero attached hydrogens (tertiary/aromatic N) is 3. The number of aromatic nitrogens is 2. The molecule has 2 atom stereocenters. The lowest BCUT2D eigenvalue weighted by atomic mass is 9.91. The van der Waals surface area contributed by atoms with Crippen molar-refractivity contribution < 1.29 is 23.8 Å². The second-order valence-corrected chi connectivity index (χ2v) is 9.42. The van der Waals surface area contributed by atoms with E-state index in [-0.39, 0.29) is 12.1 Å². The number of benzene rings is 1. The highest BCUT2D eigenvalue weighted by atomic mass is 19.1. The molecule has 0 aliphatic carbocycles. The van der Waals surface area contributed by atoms with Crippen LogP contribution in [0, 0.1) is 11.6 Å². The third-order valence-corrected chi connectivity index (χ3v) is 5.65. The highest BCUT2D eigenvalue weighted by Gasteiger charge is 2.40. The number of hydrogen-bond acceptors (Lipinski definition) is 3. The van der Waals surface area contributed by atoms with E-state index in [1.165, 1.54) is 29.3 Å². The van der Waals surface area contributed by atoms with E-state index in [4.69, 9.17) is 0 Å². The van der Waals surface area contributed by atoms with E-state index in [2.05, 4.69) is 4.98 Å². The second kappa shape index (κ2) is 7.65. The molecule has 0 spiro atoms. The highest BCUT2D eigenvalue weighted by molar-refractivity contribution is 5.66. The van der Waals surface area contributed by atoms with Gasteiger partial charge in [0, 0.05) is 23.6 Å². The van der Waals surface area contributed by atoms with Crippen LogP contribution in [0.4, 0.5) is 13.6 Å². The van der Waals surface area contributed by atoms with Gasteiger partial charge in [-0.15, -0.1) is 0 Å². The van der Waals surface area contributed by atoms with Gasteiger partial charge in [0.2, 0.25) is 0 Å². The molecule has 3 rings (SSSR count). The van der Waals surface area contributed by atoms with Crippen molar-refractivity contribution in [2.75, 3.05) is 0 Å². The number of amides is 1. The SMILES string of the molecule is CC(C)(O)c1cnc2n1C[C@H](c1c(F)cccc1F)CC[C@H]2N(C(=O)O)C(C)(C)C. The summed E-state index contributed by atoms with van der Waals surface area (Å²) < 4.78 is 30.8. The van der Waals surface area contributed by atoms with E-state index in [0.717, 1.165) is 0 Å². The summed E-state index contributed by atoms with van der Waals surface area (Å²) in [5.41, 5.74) is -1.51. The first-order valence-electron chi connectivity index (χ1n) is 10.1. The number of carboxylic acid groups (broad SMARTS) is 1. The molecule has 2 heterocycles. The molecule has 0 bridgehead atoms. The van der Waals surface area contributed by atoms with E-state index >= 15 is 0 Å². The summed E-state index contributed by atoms with van der Waals surface area (Å²) in [6.07, 6.45) is 1.15. The van der Waals surface area contributed by atoms with E-state index < -0.39 is 40.8 Å². The standard InChI is InChI=1S/C22H29F2N3O3/c1-21(2,3)27(20(28)29)16-10-9-13(18-14(23)7-6-8-15(18)24)12-26-17(22(4,5)30)11-25-19(16)26/h6-8,11,13,16,30H,9-10,12H2,1-5H3,(H,28,29)/t13-,16-/m1/s1. The molecule has 8 heteroatoms. The average Bonchev–Trinajstić information content (AvgIpc) is 2.92. The summed E-state index contributed by atoms with van der Waals surface area (Å²) in [5, 5.41) is 20.6. The largest absolute Gasteiger partial charge is 0.465 e. The van der Waals surface area contributed by atoms with Crippen LogP contribution in [0.15, 0.2) is 24.4 Å².